The molecule has 0 saturated carbocycles. The van der Waals surface area contributed by atoms with Crippen LogP contribution in [0.15, 0.2) is 47.2 Å². The van der Waals surface area contributed by atoms with E-state index in [1.807, 2.05) is 24.5 Å². The summed E-state index contributed by atoms with van der Waals surface area (Å²) in [5.41, 5.74) is 3.83. The average Bonchev–Trinajstić information content (AvgIpc) is 2.41. The van der Waals surface area contributed by atoms with Crippen LogP contribution in [-0.4, -0.2) is 4.98 Å². The molecule has 0 bridgehead atoms. The molecule has 0 radical (unpaired) electrons. The van der Waals surface area contributed by atoms with Crippen LogP contribution in [0.1, 0.15) is 29.7 Å². The van der Waals surface area contributed by atoms with Crippen LogP contribution in [-0.2, 0) is 6.54 Å². The van der Waals surface area contributed by atoms with E-state index in [4.69, 9.17) is 0 Å². The number of hydrogen-bond donors (Lipinski definition) is 1. The standard InChI is InChI=1S/C15H17BrN2/c1-11-9-13(3-4-15(11)16)10-18-12(2)14-5-7-17-8-6-14/h3-9,12,18H,10H2,1-2H3. The number of nitrogens with zero attached hydrogens (tertiary/aromatic N) is 1. The van der Waals surface area contributed by atoms with Gasteiger partial charge in [-0.1, -0.05) is 28.1 Å². The SMILES string of the molecule is Cc1cc(CNC(C)c2ccncc2)ccc1Br. The van der Waals surface area contributed by atoms with Gasteiger partial charge < -0.3 is 5.32 Å². The Morgan fingerprint density at radius 3 is 2.61 bits per heavy atom. The molecule has 0 saturated heterocycles. The first kappa shape index (κ1) is 13.2. The van der Waals surface area contributed by atoms with Gasteiger partial charge in [-0.2, -0.15) is 0 Å². The monoisotopic (exact) mass is 304 g/mol. The maximum Gasteiger partial charge on any atom is 0.0296 e. The molecule has 0 amide bonds. The Morgan fingerprint density at radius 2 is 1.94 bits per heavy atom. The zero-order valence-corrected chi connectivity index (χ0v) is 12.2. The number of aryl methyl sites for hydroxylation is 1. The Balaban J connectivity index is 1.97. The minimum absolute atomic E-state index is 0.331. The molecule has 0 aliphatic carbocycles. The second kappa shape index (κ2) is 6.12. The molecule has 0 aliphatic rings. The molecular formula is C15H17BrN2. The average molecular weight is 305 g/mol. The minimum Gasteiger partial charge on any atom is -0.306 e. The molecule has 1 unspecified atom stereocenters. The zero-order chi connectivity index (χ0) is 13.0. The fourth-order valence-electron chi connectivity index (χ4n) is 1.86. The Labute approximate surface area is 117 Å². The Morgan fingerprint density at radius 1 is 1.22 bits per heavy atom. The summed E-state index contributed by atoms with van der Waals surface area (Å²) < 4.78 is 1.16. The third-order valence-electron chi connectivity index (χ3n) is 3.04. The van der Waals surface area contributed by atoms with Gasteiger partial charge in [-0.3, -0.25) is 4.98 Å². The molecule has 94 valence electrons. The van der Waals surface area contributed by atoms with Crippen molar-refractivity contribution in [2.24, 2.45) is 0 Å². The highest BCUT2D eigenvalue weighted by molar-refractivity contribution is 9.10. The molecule has 18 heavy (non-hydrogen) atoms. The lowest BCUT2D eigenvalue weighted by Gasteiger charge is -2.14. The third kappa shape index (κ3) is 3.40. The molecule has 2 aromatic rings. The van der Waals surface area contributed by atoms with Crippen LogP contribution in [0.5, 0.6) is 0 Å². The lowest BCUT2D eigenvalue weighted by Crippen LogP contribution is -2.18. The van der Waals surface area contributed by atoms with E-state index in [0.717, 1.165) is 11.0 Å². The van der Waals surface area contributed by atoms with E-state index in [1.54, 1.807) is 0 Å². The van der Waals surface area contributed by atoms with Gasteiger partial charge in [0, 0.05) is 29.5 Å². The summed E-state index contributed by atoms with van der Waals surface area (Å²) in [5, 5.41) is 3.52. The van der Waals surface area contributed by atoms with Crippen molar-refractivity contribution < 1.29 is 0 Å². The number of halogens is 1. The lowest BCUT2D eigenvalue weighted by atomic mass is 10.1. The van der Waals surface area contributed by atoms with Crippen molar-refractivity contribution in [2.75, 3.05) is 0 Å². The number of hydrogen-bond acceptors (Lipinski definition) is 2. The predicted molar refractivity (Wildman–Crippen MR) is 78.4 cm³/mol. The highest BCUT2D eigenvalue weighted by Crippen LogP contribution is 2.18. The van der Waals surface area contributed by atoms with E-state index in [-0.39, 0.29) is 0 Å². The minimum atomic E-state index is 0.331. The third-order valence-corrected chi connectivity index (χ3v) is 3.93. The van der Waals surface area contributed by atoms with Crippen molar-refractivity contribution in [1.82, 2.24) is 10.3 Å². The molecule has 2 rings (SSSR count). The zero-order valence-electron chi connectivity index (χ0n) is 10.7. The van der Waals surface area contributed by atoms with Gasteiger partial charge in [-0.15, -0.1) is 0 Å². The van der Waals surface area contributed by atoms with Gasteiger partial charge >= 0.3 is 0 Å². The maximum atomic E-state index is 4.03. The van der Waals surface area contributed by atoms with E-state index >= 15 is 0 Å². The van der Waals surface area contributed by atoms with E-state index in [0.29, 0.717) is 6.04 Å². The van der Waals surface area contributed by atoms with Crippen LogP contribution >= 0.6 is 15.9 Å². The first-order chi connectivity index (χ1) is 8.66. The largest absolute Gasteiger partial charge is 0.306 e. The van der Waals surface area contributed by atoms with Gasteiger partial charge in [-0.25, -0.2) is 0 Å². The van der Waals surface area contributed by atoms with E-state index in [2.05, 4.69) is 58.3 Å². The highest BCUT2D eigenvalue weighted by Gasteiger charge is 2.04. The molecule has 1 heterocycles. The molecule has 2 nitrogen and oxygen atoms in total. The number of nitrogens with one attached hydrogen (secondary N) is 1. The number of pyridine rings is 1. The summed E-state index contributed by atoms with van der Waals surface area (Å²) in [6, 6.07) is 10.9. The van der Waals surface area contributed by atoms with Crippen LogP contribution in [0.25, 0.3) is 0 Å². The number of rotatable bonds is 4. The van der Waals surface area contributed by atoms with Crippen LogP contribution in [0, 0.1) is 6.92 Å². The smallest absolute Gasteiger partial charge is 0.0296 e. The van der Waals surface area contributed by atoms with Crippen LogP contribution in [0.3, 0.4) is 0 Å². The molecule has 0 fully saturated rings. The summed E-state index contributed by atoms with van der Waals surface area (Å²) >= 11 is 3.52. The van der Waals surface area contributed by atoms with Gasteiger partial charge in [0.1, 0.15) is 0 Å². The number of benzene rings is 1. The van der Waals surface area contributed by atoms with Crippen molar-refractivity contribution in [3.05, 3.63) is 63.9 Å². The molecule has 1 atom stereocenters. The van der Waals surface area contributed by atoms with Gasteiger partial charge in [0.15, 0.2) is 0 Å². The molecular weight excluding hydrogens is 288 g/mol. The van der Waals surface area contributed by atoms with Crippen LogP contribution < -0.4 is 5.32 Å². The van der Waals surface area contributed by atoms with Crippen LogP contribution in [0.4, 0.5) is 0 Å². The van der Waals surface area contributed by atoms with Crippen molar-refractivity contribution >= 4 is 15.9 Å². The molecule has 0 aliphatic heterocycles. The van der Waals surface area contributed by atoms with Crippen molar-refractivity contribution in [3.63, 3.8) is 0 Å². The Hall–Kier alpha value is -1.19. The van der Waals surface area contributed by atoms with Gasteiger partial charge in [-0.05, 0) is 48.7 Å². The topological polar surface area (TPSA) is 24.9 Å². The quantitative estimate of drug-likeness (QED) is 0.923. The van der Waals surface area contributed by atoms with Crippen LogP contribution in [0.2, 0.25) is 0 Å². The normalized spacial score (nSPS) is 12.4. The molecule has 1 N–H and O–H groups in total. The summed E-state index contributed by atoms with van der Waals surface area (Å²) in [6.45, 7) is 5.15. The molecule has 0 spiro atoms. The summed E-state index contributed by atoms with van der Waals surface area (Å²) in [6.07, 6.45) is 3.66. The Kier molecular flexibility index (Phi) is 4.50. The summed E-state index contributed by atoms with van der Waals surface area (Å²) in [5.74, 6) is 0. The summed E-state index contributed by atoms with van der Waals surface area (Å²) in [4.78, 5) is 4.03. The fourth-order valence-corrected chi connectivity index (χ4v) is 2.10. The first-order valence-electron chi connectivity index (χ1n) is 6.05. The molecule has 1 aromatic heterocycles. The molecule has 3 heteroatoms. The highest BCUT2D eigenvalue weighted by atomic mass is 79.9. The van der Waals surface area contributed by atoms with E-state index < -0.39 is 0 Å². The Bertz CT molecular complexity index is 511. The second-order valence-electron chi connectivity index (χ2n) is 4.47. The van der Waals surface area contributed by atoms with Crippen molar-refractivity contribution in [2.45, 2.75) is 26.4 Å². The number of aromatic nitrogens is 1. The van der Waals surface area contributed by atoms with Gasteiger partial charge in [0.25, 0.3) is 0 Å². The van der Waals surface area contributed by atoms with Crippen molar-refractivity contribution in [1.29, 1.82) is 0 Å². The van der Waals surface area contributed by atoms with Gasteiger partial charge in [0.2, 0.25) is 0 Å². The van der Waals surface area contributed by atoms with Gasteiger partial charge in [0.05, 0.1) is 0 Å². The second-order valence-corrected chi connectivity index (χ2v) is 5.32. The molecule has 1 aromatic carbocycles. The van der Waals surface area contributed by atoms with E-state index in [1.165, 1.54) is 16.7 Å². The maximum absolute atomic E-state index is 4.03. The van der Waals surface area contributed by atoms with E-state index in [9.17, 15) is 0 Å². The van der Waals surface area contributed by atoms with Crippen molar-refractivity contribution in [3.8, 4) is 0 Å². The predicted octanol–water partition coefficient (Wildman–Crippen LogP) is 4.00. The fraction of sp³-hybridized carbons (Fsp3) is 0.267. The summed E-state index contributed by atoms with van der Waals surface area (Å²) in [7, 11) is 0. The lowest BCUT2D eigenvalue weighted by molar-refractivity contribution is 0.574. The first-order valence-corrected chi connectivity index (χ1v) is 6.84.